The van der Waals surface area contributed by atoms with Gasteiger partial charge < -0.3 is 5.32 Å². The summed E-state index contributed by atoms with van der Waals surface area (Å²) in [4.78, 5) is 12.8. The van der Waals surface area contributed by atoms with Gasteiger partial charge in [-0.1, -0.05) is 35.3 Å². The van der Waals surface area contributed by atoms with Crippen LogP contribution in [0.15, 0.2) is 77.7 Å². The molecule has 3 rings (SSSR count). The normalized spacial score (nSPS) is 12.4. The zero-order valence-electron chi connectivity index (χ0n) is 15.2. The number of rotatable bonds is 7. The van der Waals surface area contributed by atoms with Crippen molar-refractivity contribution >= 4 is 44.7 Å². The van der Waals surface area contributed by atoms with Crippen LogP contribution in [0.1, 0.15) is 28.4 Å². The second-order valence-electron chi connectivity index (χ2n) is 6.46. The van der Waals surface area contributed by atoms with Gasteiger partial charge in [0.25, 0.3) is 0 Å². The highest BCUT2D eigenvalue weighted by atomic mass is 35.5. The maximum Gasteiger partial charge on any atom is 0.238 e. The van der Waals surface area contributed by atoms with E-state index in [4.69, 9.17) is 28.3 Å². The number of ketones is 1. The van der Waals surface area contributed by atoms with Crippen LogP contribution in [0.3, 0.4) is 0 Å². The molecule has 5 nitrogen and oxygen atoms in total. The molecule has 0 spiro atoms. The highest BCUT2D eigenvalue weighted by Crippen LogP contribution is 2.27. The first-order valence-corrected chi connectivity index (χ1v) is 11.0. The fourth-order valence-corrected chi connectivity index (χ4v) is 3.70. The van der Waals surface area contributed by atoms with Crippen LogP contribution in [0.2, 0.25) is 10.0 Å². The van der Waals surface area contributed by atoms with E-state index in [0.717, 1.165) is 5.56 Å². The molecule has 3 N–H and O–H groups in total. The number of sulfonamides is 1. The van der Waals surface area contributed by atoms with Gasteiger partial charge >= 0.3 is 0 Å². The van der Waals surface area contributed by atoms with Crippen molar-refractivity contribution in [3.8, 4) is 0 Å². The maximum absolute atomic E-state index is 12.8. The molecule has 0 aliphatic rings. The van der Waals surface area contributed by atoms with Gasteiger partial charge in [0.1, 0.15) is 0 Å². The third kappa shape index (κ3) is 5.81. The van der Waals surface area contributed by atoms with Gasteiger partial charge in [0.05, 0.1) is 10.9 Å². The third-order valence-electron chi connectivity index (χ3n) is 4.33. The summed E-state index contributed by atoms with van der Waals surface area (Å²) in [6.07, 6.45) is 0.166. The zero-order chi connectivity index (χ0) is 21.0. The van der Waals surface area contributed by atoms with Crippen LogP contribution in [-0.2, 0) is 10.0 Å². The Morgan fingerprint density at radius 3 is 2.17 bits per heavy atom. The summed E-state index contributed by atoms with van der Waals surface area (Å²) in [5, 5.41) is 9.52. The van der Waals surface area contributed by atoms with Crippen LogP contribution in [0.25, 0.3) is 0 Å². The number of carbonyl (C=O) groups excluding carboxylic acids is 1. The Hall–Kier alpha value is -2.38. The number of primary sulfonamides is 1. The second kappa shape index (κ2) is 8.97. The number of anilines is 1. The molecule has 0 saturated carbocycles. The van der Waals surface area contributed by atoms with Gasteiger partial charge in [-0.15, -0.1) is 0 Å². The Balaban J connectivity index is 1.87. The molecule has 0 amide bonds. The first-order valence-electron chi connectivity index (χ1n) is 8.66. The minimum atomic E-state index is -3.77. The fraction of sp³-hybridized carbons (Fsp3) is 0.0952. The van der Waals surface area contributed by atoms with Gasteiger partial charge in [0, 0.05) is 27.7 Å². The van der Waals surface area contributed by atoms with Gasteiger partial charge in [-0.2, -0.15) is 0 Å². The predicted octanol–water partition coefficient (Wildman–Crippen LogP) is 5.07. The summed E-state index contributed by atoms with van der Waals surface area (Å²) in [6.45, 7) is 0. The molecule has 1 unspecified atom stereocenters. The molecule has 29 heavy (non-hydrogen) atoms. The van der Waals surface area contributed by atoms with Gasteiger partial charge in [-0.05, 0) is 66.2 Å². The molecule has 0 aliphatic carbocycles. The van der Waals surface area contributed by atoms with Crippen molar-refractivity contribution in [1.82, 2.24) is 0 Å². The summed E-state index contributed by atoms with van der Waals surface area (Å²) in [5.74, 6) is -0.0692. The summed E-state index contributed by atoms with van der Waals surface area (Å²) < 4.78 is 22.9. The van der Waals surface area contributed by atoms with E-state index in [-0.39, 0.29) is 23.1 Å². The van der Waals surface area contributed by atoms with E-state index in [1.165, 1.54) is 12.1 Å². The largest absolute Gasteiger partial charge is 0.378 e. The van der Waals surface area contributed by atoms with E-state index in [0.29, 0.717) is 21.3 Å². The van der Waals surface area contributed by atoms with Crippen LogP contribution < -0.4 is 10.5 Å². The predicted molar refractivity (Wildman–Crippen MR) is 116 cm³/mol. The second-order valence-corrected chi connectivity index (χ2v) is 8.89. The average molecular weight is 449 g/mol. The van der Waals surface area contributed by atoms with Crippen LogP contribution in [-0.4, -0.2) is 14.2 Å². The molecule has 0 aromatic heterocycles. The molecule has 0 fully saturated rings. The Kier molecular flexibility index (Phi) is 6.59. The molecule has 0 saturated heterocycles. The molecule has 0 heterocycles. The Labute approximate surface area is 179 Å². The van der Waals surface area contributed by atoms with Crippen molar-refractivity contribution in [3.63, 3.8) is 0 Å². The van der Waals surface area contributed by atoms with Crippen molar-refractivity contribution in [2.24, 2.45) is 5.14 Å². The number of carbonyl (C=O) groups is 1. The van der Waals surface area contributed by atoms with Crippen LogP contribution in [0.4, 0.5) is 5.69 Å². The lowest BCUT2D eigenvalue weighted by molar-refractivity contribution is 0.0976. The molecule has 0 radical (unpaired) electrons. The first-order chi connectivity index (χ1) is 13.7. The molecule has 1 atom stereocenters. The average Bonchev–Trinajstić information content (AvgIpc) is 2.67. The molecule has 3 aromatic rings. The van der Waals surface area contributed by atoms with E-state index < -0.39 is 10.0 Å². The number of hydrogen-bond acceptors (Lipinski definition) is 4. The van der Waals surface area contributed by atoms with Crippen molar-refractivity contribution in [2.75, 3.05) is 5.32 Å². The van der Waals surface area contributed by atoms with E-state index in [1.807, 2.05) is 12.1 Å². The molecule has 150 valence electrons. The van der Waals surface area contributed by atoms with Crippen molar-refractivity contribution in [1.29, 1.82) is 0 Å². The lowest BCUT2D eigenvalue weighted by Gasteiger charge is -2.20. The SMILES string of the molecule is NS(=O)(=O)c1ccc(NC(CC(=O)c2ccc(Cl)cc2)c2cccc(Cl)c2)cc1. The summed E-state index contributed by atoms with van der Waals surface area (Å²) >= 11 is 12.0. The van der Waals surface area contributed by atoms with E-state index in [9.17, 15) is 13.2 Å². The van der Waals surface area contributed by atoms with Crippen molar-refractivity contribution in [2.45, 2.75) is 17.4 Å². The molecule has 3 aromatic carbocycles. The topological polar surface area (TPSA) is 89.3 Å². The Morgan fingerprint density at radius 2 is 1.59 bits per heavy atom. The van der Waals surface area contributed by atoms with Crippen LogP contribution in [0.5, 0.6) is 0 Å². The van der Waals surface area contributed by atoms with Gasteiger partial charge in [0.15, 0.2) is 5.78 Å². The summed E-state index contributed by atoms with van der Waals surface area (Å²) in [6, 6.07) is 19.6. The molecule has 0 aliphatic heterocycles. The number of halogens is 2. The summed E-state index contributed by atoms with van der Waals surface area (Å²) in [5.41, 5.74) is 2.02. The van der Waals surface area contributed by atoms with E-state index in [2.05, 4.69) is 5.32 Å². The molecule has 8 heteroatoms. The van der Waals surface area contributed by atoms with Gasteiger partial charge in [0.2, 0.25) is 10.0 Å². The quantitative estimate of drug-likeness (QED) is 0.493. The van der Waals surface area contributed by atoms with E-state index in [1.54, 1.807) is 48.5 Å². The van der Waals surface area contributed by atoms with E-state index >= 15 is 0 Å². The lowest BCUT2D eigenvalue weighted by atomic mass is 9.97. The standard InChI is InChI=1S/C21H18Cl2N2O3S/c22-16-6-4-14(5-7-16)21(26)13-20(15-2-1-3-17(23)12-15)25-18-8-10-19(11-9-18)29(24,27)28/h1-12,20,25H,13H2,(H2,24,27,28). The Morgan fingerprint density at radius 1 is 0.931 bits per heavy atom. The van der Waals surface area contributed by atoms with Crippen LogP contribution >= 0.6 is 23.2 Å². The van der Waals surface area contributed by atoms with Gasteiger partial charge in [-0.25, -0.2) is 13.6 Å². The number of nitrogens with one attached hydrogen (secondary N) is 1. The fourth-order valence-electron chi connectivity index (χ4n) is 2.86. The highest BCUT2D eigenvalue weighted by Gasteiger charge is 2.18. The van der Waals surface area contributed by atoms with Gasteiger partial charge in [-0.3, -0.25) is 4.79 Å². The molecular formula is C21H18Cl2N2O3S. The molecule has 0 bridgehead atoms. The minimum Gasteiger partial charge on any atom is -0.378 e. The lowest BCUT2D eigenvalue weighted by Crippen LogP contribution is -2.16. The number of Topliss-reactive ketones (excluding diaryl/α,β-unsaturated/α-hetero) is 1. The zero-order valence-corrected chi connectivity index (χ0v) is 17.5. The Bertz CT molecular complexity index is 1120. The highest BCUT2D eigenvalue weighted by molar-refractivity contribution is 7.89. The minimum absolute atomic E-state index is 0.0135. The summed E-state index contributed by atoms with van der Waals surface area (Å²) in [7, 11) is -3.77. The monoisotopic (exact) mass is 448 g/mol. The van der Waals surface area contributed by atoms with Crippen molar-refractivity contribution in [3.05, 3.63) is 94.0 Å². The third-order valence-corrected chi connectivity index (χ3v) is 5.75. The smallest absolute Gasteiger partial charge is 0.238 e. The first kappa shape index (κ1) is 21.3. The number of benzene rings is 3. The molecular weight excluding hydrogens is 431 g/mol. The van der Waals surface area contributed by atoms with Crippen molar-refractivity contribution < 1.29 is 13.2 Å². The maximum atomic E-state index is 12.8. The number of nitrogens with two attached hydrogens (primary N) is 1. The number of hydrogen-bond donors (Lipinski definition) is 2. The van der Waals surface area contributed by atoms with Crippen LogP contribution in [0, 0.1) is 0 Å².